The number of nitrogens with zero attached hydrogens (tertiary/aromatic N) is 7. The third-order valence-corrected chi connectivity index (χ3v) is 12.2. The lowest BCUT2D eigenvalue weighted by atomic mass is 9.79. The molecule has 6 aromatic rings. The number of thiazole rings is 1. The molecular formula is C39H39N7O3S2. The number of pyridine rings is 1. The van der Waals surface area contributed by atoms with Crippen LogP contribution in [-0.4, -0.2) is 76.5 Å². The van der Waals surface area contributed by atoms with Gasteiger partial charge in [-0.2, -0.15) is 4.37 Å². The highest BCUT2D eigenvalue weighted by molar-refractivity contribution is 7.15. The number of aryl methyl sites for hydroxylation is 1. The van der Waals surface area contributed by atoms with Crippen molar-refractivity contribution in [2.24, 2.45) is 5.92 Å². The van der Waals surface area contributed by atoms with Gasteiger partial charge >= 0.3 is 0 Å². The molecule has 1 N–H and O–H groups in total. The fraction of sp³-hybridized carbons (Fsp3) is 0.333. The van der Waals surface area contributed by atoms with E-state index in [1.165, 1.54) is 21.3 Å². The van der Waals surface area contributed by atoms with Crippen molar-refractivity contribution < 1.29 is 9.90 Å². The normalized spacial score (nSPS) is 19.4. The first-order chi connectivity index (χ1) is 24.8. The van der Waals surface area contributed by atoms with Gasteiger partial charge in [-0.3, -0.25) is 24.0 Å². The van der Waals surface area contributed by atoms with E-state index in [1.807, 2.05) is 78.8 Å². The Morgan fingerprint density at radius 1 is 0.922 bits per heavy atom. The summed E-state index contributed by atoms with van der Waals surface area (Å²) < 4.78 is 6.50. The second-order valence-corrected chi connectivity index (χ2v) is 15.7. The van der Waals surface area contributed by atoms with Gasteiger partial charge in [-0.1, -0.05) is 60.7 Å². The molecule has 10 nitrogen and oxygen atoms in total. The summed E-state index contributed by atoms with van der Waals surface area (Å²) in [6, 6.07) is 24.2. The molecule has 2 atom stereocenters. The lowest BCUT2D eigenvalue weighted by Crippen LogP contribution is -2.53. The van der Waals surface area contributed by atoms with E-state index in [4.69, 9.17) is 0 Å². The average Bonchev–Trinajstić information content (AvgIpc) is 3.82. The third-order valence-electron chi connectivity index (χ3n) is 10.3. The van der Waals surface area contributed by atoms with E-state index >= 15 is 0 Å². The molecule has 8 rings (SSSR count). The summed E-state index contributed by atoms with van der Waals surface area (Å²) in [7, 11) is 0. The molecule has 260 valence electrons. The SMILES string of the molecule is Cc1ccc(-c2ncc(CN3CC[C@@H](C(=O)N4CCC(O)(Cn5cnc6c(-c7ccccc7)nsc6c5=O)CC4)[C@H](c4ccccc4)C3)s2)cn1. The number of rotatable bonds is 8. The van der Waals surface area contributed by atoms with Crippen LogP contribution in [0.2, 0.25) is 0 Å². The molecular weight excluding hydrogens is 679 g/mol. The average molecular weight is 718 g/mol. The first kappa shape index (κ1) is 33.5. The number of amides is 1. The van der Waals surface area contributed by atoms with Gasteiger partial charge in [0.15, 0.2) is 0 Å². The summed E-state index contributed by atoms with van der Waals surface area (Å²) >= 11 is 2.84. The molecule has 12 heteroatoms. The van der Waals surface area contributed by atoms with Crippen LogP contribution in [0.25, 0.3) is 32.0 Å². The highest BCUT2D eigenvalue weighted by Gasteiger charge is 2.41. The number of likely N-dealkylation sites (tertiary alicyclic amines) is 2. The molecule has 0 spiro atoms. The molecule has 2 aliphatic rings. The predicted molar refractivity (Wildman–Crippen MR) is 201 cm³/mol. The number of carbonyl (C=O) groups excluding carboxylic acids is 1. The van der Waals surface area contributed by atoms with E-state index in [0.29, 0.717) is 41.8 Å². The summed E-state index contributed by atoms with van der Waals surface area (Å²) in [6.07, 6.45) is 6.90. The topological polar surface area (TPSA) is 117 Å². The summed E-state index contributed by atoms with van der Waals surface area (Å²) in [5.74, 6) is 0.0548. The molecule has 0 aliphatic carbocycles. The van der Waals surface area contributed by atoms with Crippen molar-refractivity contribution in [1.82, 2.24) is 33.7 Å². The highest BCUT2D eigenvalue weighted by Crippen LogP contribution is 2.37. The zero-order chi connectivity index (χ0) is 35.0. The molecule has 0 bridgehead atoms. The zero-order valence-electron chi connectivity index (χ0n) is 28.4. The molecule has 2 aliphatic heterocycles. The zero-order valence-corrected chi connectivity index (χ0v) is 30.0. The monoisotopic (exact) mass is 717 g/mol. The first-order valence-electron chi connectivity index (χ1n) is 17.4. The van der Waals surface area contributed by atoms with Gasteiger partial charge in [-0.05, 0) is 62.0 Å². The Balaban J connectivity index is 0.929. The number of aliphatic hydroxyl groups is 1. The molecule has 6 heterocycles. The van der Waals surface area contributed by atoms with E-state index in [1.54, 1.807) is 11.3 Å². The number of carbonyl (C=O) groups is 1. The van der Waals surface area contributed by atoms with Crippen molar-refractivity contribution in [3.63, 3.8) is 0 Å². The van der Waals surface area contributed by atoms with Crippen molar-refractivity contribution in [2.45, 2.75) is 50.8 Å². The Hall–Kier alpha value is -4.62. The van der Waals surface area contributed by atoms with Gasteiger partial charge in [0.05, 0.1) is 18.5 Å². The van der Waals surface area contributed by atoms with Crippen LogP contribution in [0.4, 0.5) is 0 Å². The van der Waals surface area contributed by atoms with Crippen molar-refractivity contribution in [1.29, 1.82) is 0 Å². The van der Waals surface area contributed by atoms with Crippen LogP contribution >= 0.6 is 22.9 Å². The van der Waals surface area contributed by atoms with Crippen LogP contribution in [0.1, 0.15) is 41.3 Å². The molecule has 51 heavy (non-hydrogen) atoms. The number of hydrogen-bond donors (Lipinski definition) is 1. The number of piperidine rings is 2. The first-order valence-corrected chi connectivity index (χ1v) is 19.0. The fourth-order valence-corrected chi connectivity index (χ4v) is 9.18. The Bertz CT molecular complexity index is 2190. The maximum atomic E-state index is 14.2. The summed E-state index contributed by atoms with van der Waals surface area (Å²) in [4.78, 5) is 46.9. The molecule has 2 aromatic carbocycles. The molecule has 2 saturated heterocycles. The van der Waals surface area contributed by atoms with E-state index in [-0.39, 0.29) is 29.8 Å². The molecule has 0 saturated carbocycles. The van der Waals surface area contributed by atoms with Gasteiger partial charge in [0.1, 0.15) is 20.9 Å². The largest absolute Gasteiger partial charge is 0.388 e. The lowest BCUT2D eigenvalue weighted by Gasteiger charge is -2.43. The Morgan fingerprint density at radius 2 is 1.69 bits per heavy atom. The summed E-state index contributed by atoms with van der Waals surface area (Å²) in [5.41, 5.74) is 4.05. The number of fused-ring (bicyclic) bond motifs is 1. The van der Waals surface area contributed by atoms with Crippen LogP contribution in [0, 0.1) is 12.8 Å². The smallest absolute Gasteiger partial charge is 0.273 e. The second-order valence-electron chi connectivity index (χ2n) is 13.8. The van der Waals surface area contributed by atoms with Gasteiger partial charge in [-0.25, -0.2) is 9.97 Å². The standard InChI is InChI=1S/C39H39N7O3S2/c1-26-12-13-29(20-40-26)36-41-21-30(50-36)22-44-17-14-31(32(23-44)27-8-4-2-5-9-27)37(47)45-18-15-39(49,16-19-45)24-46-25-42-34-33(28-10-6-3-7-11-28)43-51-35(34)38(46)48/h2-13,20-21,25,31-32,49H,14-19,22-24H2,1H3/t31-,32+/m1/s1. The maximum Gasteiger partial charge on any atom is 0.273 e. The van der Waals surface area contributed by atoms with Gasteiger partial charge in [0.2, 0.25) is 5.91 Å². The van der Waals surface area contributed by atoms with Crippen molar-refractivity contribution >= 4 is 39.0 Å². The minimum absolute atomic E-state index is 0.0542. The van der Waals surface area contributed by atoms with E-state index in [0.717, 1.165) is 59.4 Å². The van der Waals surface area contributed by atoms with Crippen LogP contribution in [0.15, 0.2) is 96.3 Å². The fourth-order valence-electron chi connectivity index (χ4n) is 7.43. The molecule has 2 fully saturated rings. The molecule has 0 unspecified atom stereocenters. The predicted octanol–water partition coefficient (Wildman–Crippen LogP) is 6.01. The summed E-state index contributed by atoms with van der Waals surface area (Å²) in [6.45, 7) is 5.37. The Labute approximate surface area is 304 Å². The van der Waals surface area contributed by atoms with Crippen LogP contribution in [0.5, 0.6) is 0 Å². The minimum atomic E-state index is -1.12. The second kappa shape index (κ2) is 14.2. The van der Waals surface area contributed by atoms with Crippen LogP contribution in [0.3, 0.4) is 0 Å². The third kappa shape index (κ3) is 7.01. The van der Waals surface area contributed by atoms with Gasteiger partial charge in [0, 0.05) is 72.1 Å². The minimum Gasteiger partial charge on any atom is -0.388 e. The number of hydrogen-bond acceptors (Lipinski definition) is 10. The quantitative estimate of drug-likeness (QED) is 0.204. The molecule has 1 amide bonds. The van der Waals surface area contributed by atoms with Crippen molar-refractivity contribution in [3.05, 3.63) is 118 Å². The maximum absolute atomic E-state index is 14.2. The number of benzene rings is 2. The van der Waals surface area contributed by atoms with Gasteiger partial charge in [-0.15, -0.1) is 11.3 Å². The number of aromatic nitrogens is 5. The van der Waals surface area contributed by atoms with Gasteiger partial charge < -0.3 is 10.0 Å². The van der Waals surface area contributed by atoms with E-state index in [9.17, 15) is 14.7 Å². The van der Waals surface area contributed by atoms with Crippen molar-refractivity contribution in [3.8, 4) is 21.8 Å². The van der Waals surface area contributed by atoms with E-state index in [2.05, 4.69) is 42.4 Å². The van der Waals surface area contributed by atoms with Crippen LogP contribution in [-0.2, 0) is 17.9 Å². The van der Waals surface area contributed by atoms with Gasteiger partial charge in [0.25, 0.3) is 5.56 Å². The molecule has 0 radical (unpaired) electrons. The van der Waals surface area contributed by atoms with Crippen LogP contribution < -0.4 is 5.56 Å². The lowest BCUT2D eigenvalue weighted by molar-refractivity contribution is -0.142. The molecule has 4 aromatic heterocycles. The Morgan fingerprint density at radius 3 is 2.43 bits per heavy atom. The highest BCUT2D eigenvalue weighted by atomic mass is 32.1. The van der Waals surface area contributed by atoms with E-state index < -0.39 is 5.60 Å². The van der Waals surface area contributed by atoms with Crippen molar-refractivity contribution in [2.75, 3.05) is 26.2 Å². The summed E-state index contributed by atoms with van der Waals surface area (Å²) in [5, 5.41) is 12.6. The Kier molecular flexibility index (Phi) is 9.32.